The molecule has 124 valence electrons. The van der Waals surface area contributed by atoms with E-state index < -0.39 is 0 Å². The second-order valence-electron chi connectivity index (χ2n) is 6.33. The van der Waals surface area contributed by atoms with Gasteiger partial charge in [-0.15, -0.1) is 0 Å². The van der Waals surface area contributed by atoms with Gasteiger partial charge in [-0.25, -0.2) is 4.98 Å². The zero-order valence-corrected chi connectivity index (χ0v) is 14.0. The Hall–Kier alpha value is -2.49. The van der Waals surface area contributed by atoms with Gasteiger partial charge in [-0.05, 0) is 61.4 Å². The van der Waals surface area contributed by atoms with Gasteiger partial charge in [-0.1, -0.05) is 18.2 Å². The number of carbonyl (C=O) groups excluding carboxylic acids is 2. The second-order valence-corrected chi connectivity index (χ2v) is 6.33. The van der Waals surface area contributed by atoms with Gasteiger partial charge in [0.2, 0.25) is 5.91 Å². The largest absolute Gasteiger partial charge is 0.310 e. The van der Waals surface area contributed by atoms with Crippen molar-refractivity contribution in [3.63, 3.8) is 0 Å². The lowest BCUT2D eigenvalue weighted by molar-refractivity contribution is -0.116. The van der Waals surface area contributed by atoms with Crippen molar-refractivity contribution in [1.82, 2.24) is 4.98 Å². The second kappa shape index (κ2) is 7.39. The third kappa shape index (κ3) is 3.88. The maximum absolute atomic E-state index is 12.4. The van der Waals surface area contributed by atoms with Crippen molar-refractivity contribution in [2.45, 2.75) is 45.4 Å². The fourth-order valence-electron chi connectivity index (χ4n) is 3.09. The van der Waals surface area contributed by atoms with E-state index in [1.54, 1.807) is 6.20 Å². The molecule has 4 nitrogen and oxygen atoms in total. The summed E-state index contributed by atoms with van der Waals surface area (Å²) in [6, 6.07) is 9.69. The van der Waals surface area contributed by atoms with Gasteiger partial charge in [0.1, 0.15) is 5.82 Å². The number of hydrogen-bond acceptors (Lipinski definition) is 3. The lowest BCUT2D eigenvalue weighted by Crippen LogP contribution is -2.15. The van der Waals surface area contributed by atoms with Crippen LogP contribution >= 0.6 is 0 Å². The van der Waals surface area contributed by atoms with Gasteiger partial charge in [0.25, 0.3) is 0 Å². The molecule has 4 heteroatoms. The molecule has 1 aliphatic carbocycles. The van der Waals surface area contributed by atoms with Gasteiger partial charge in [0.15, 0.2) is 5.78 Å². The Labute approximate surface area is 142 Å². The van der Waals surface area contributed by atoms with E-state index in [0.717, 1.165) is 24.0 Å². The molecule has 0 fully saturated rings. The Kier molecular flexibility index (Phi) is 5.04. The quantitative estimate of drug-likeness (QED) is 0.850. The first-order chi connectivity index (χ1) is 11.6. The summed E-state index contributed by atoms with van der Waals surface area (Å²) >= 11 is 0. The van der Waals surface area contributed by atoms with Crippen molar-refractivity contribution >= 4 is 17.5 Å². The predicted molar refractivity (Wildman–Crippen MR) is 94.3 cm³/mol. The molecule has 2 aromatic rings. The first-order valence-corrected chi connectivity index (χ1v) is 8.50. The van der Waals surface area contributed by atoms with Gasteiger partial charge in [0.05, 0.1) is 0 Å². The summed E-state index contributed by atoms with van der Waals surface area (Å²) in [4.78, 5) is 28.5. The molecule has 1 N–H and O–H groups in total. The highest BCUT2D eigenvalue weighted by Crippen LogP contribution is 2.23. The van der Waals surface area contributed by atoms with Crippen LogP contribution in [0.4, 0.5) is 5.82 Å². The first kappa shape index (κ1) is 16.4. The number of pyridine rings is 1. The van der Waals surface area contributed by atoms with E-state index >= 15 is 0 Å². The minimum Gasteiger partial charge on any atom is -0.310 e. The van der Waals surface area contributed by atoms with Crippen LogP contribution in [0.3, 0.4) is 0 Å². The van der Waals surface area contributed by atoms with Crippen LogP contribution in [-0.4, -0.2) is 16.7 Å². The number of ketones is 1. The summed E-state index contributed by atoms with van der Waals surface area (Å²) in [5.74, 6) is 0.406. The van der Waals surface area contributed by atoms with Crippen LogP contribution in [0.2, 0.25) is 0 Å². The predicted octanol–water partition coefficient (Wildman–Crippen LogP) is 3.87. The van der Waals surface area contributed by atoms with Crippen LogP contribution in [0.15, 0.2) is 36.5 Å². The normalized spacial score (nSPS) is 13.2. The summed E-state index contributed by atoms with van der Waals surface area (Å²) in [6.45, 7) is 1.89. The molecular weight excluding hydrogens is 300 g/mol. The third-order valence-corrected chi connectivity index (χ3v) is 4.52. The van der Waals surface area contributed by atoms with Gasteiger partial charge in [0, 0.05) is 24.6 Å². The molecule has 0 atom stereocenters. The molecule has 1 heterocycles. The number of hydrogen-bond donors (Lipinski definition) is 1. The summed E-state index contributed by atoms with van der Waals surface area (Å²) < 4.78 is 0. The Balaban J connectivity index is 1.57. The van der Waals surface area contributed by atoms with Crippen LogP contribution in [0.1, 0.15) is 52.7 Å². The minimum atomic E-state index is -0.178. The number of nitrogens with one attached hydrogen (secondary N) is 1. The topological polar surface area (TPSA) is 59.1 Å². The van der Waals surface area contributed by atoms with Crippen LogP contribution in [0, 0.1) is 6.92 Å². The van der Waals surface area contributed by atoms with Crippen molar-refractivity contribution in [2.24, 2.45) is 0 Å². The molecule has 0 bridgehead atoms. The molecule has 1 amide bonds. The van der Waals surface area contributed by atoms with E-state index in [1.165, 1.54) is 24.0 Å². The molecule has 0 saturated heterocycles. The Morgan fingerprint density at radius 3 is 2.67 bits per heavy atom. The van der Waals surface area contributed by atoms with E-state index in [4.69, 9.17) is 0 Å². The average Bonchev–Trinajstić information content (AvgIpc) is 2.61. The fourth-order valence-corrected chi connectivity index (χ4v) is 3.09. The molecular formula is C20H22N2O2. The highest BCUT2D eigenvalue weighted by molar-refractivity contribution is 6.00. The zero-order chi connectivity index (χ0) is 16.9. The van der Waals surface area contributed by atoms with Crippen LogP contribution < -0.4 is 5.32 Å². The summed E-state index contributed by atoms with van der Waals surface area (Å²) in [6.07, 6.45) is 6.61. The van der Waals surface area contributed by atoms with Gasteiger partial charge < -0.3 is 5.32 Å². The maximum atomic E-state index is 12.4. The van der Waals surface area contributed by atoms with Crippen molar-refractivity contribution < 1.29 is 9.59 Å². The monoisotopic (exact) mass is 322 g/mol. The van der Waals surface area contributed by atoms with Crippen molar-refractivity contribution in [2.75, 3.05) is 5.32 Å². The first-order valence-electron chi connectivity index (χ1n) is 8.50. The summed E-state index contributed by atoms with van der Waals surface area (Å²) in [5, 5.41) is 2.76. The van der Waals surface area contributed by atoms with E-state index in [-0.39, 0.29) is 24.5 Å². The molecule has 1 aliphatic rings. The van der Waals surface area contributed by atoms with Crippen LogP contribution in [-0.2, 0) is 17.6 Å². The number of anilines is 1. The molecule has 1 aromatic heterocycles. The number of fused-ring (bicyclic) bond motifs is 1. The average molecular weight is 322 g/mol. The zero-order valence-electron chi connectivity index (χ0n) is 14.0. The number of amides is 1. The number of Topliss-reactive ketones (excluding diaryl/α,β-unsaturated/α-hetero) is 1. The summed E-state index contributed by atoms with van der Waals surface area (Å²) in [7, 11) is 0. The Morgan fingerprint density at radius 1 is 1.08 bits per heavy atom. The smallest absolute Gasteiger partial charge is 0.225 e. The van der Waals surface area contributed by atoms with E-state index in [2.05, 4.69) is 16.4 Å². The third-order valence-electron chi connectivity index (χ3n) is 4.52. The molecule has 0 aliphatic heterocycles. The molecule has 0 unspecified atom stereocenters. The number of aryl methyl sites for hydroxylation is 3. The van der Waals surface area contributed by atoms with E-state index in [9.17, 15) is 9.59 Å². The molecule has 0 saturated carbocycles. The molecule has 24 heavy (non-hydrogen) atoms. The SMILES string of the molecule is Cc1cccnc1NC(=O)CCC(=O)c1ccc2c(c1)CCCC2. The Bertz CT molecular complexity index is 768. The van der Waals surface area contributed by atoms with Crippen molar-refractivity contribution in [3.8, 4) is 0 Å². The number of aromatic nitrogens is 1. The summed E-state index contributed by atoms with van der Waals surface area (Å²) in [5.41, 5.74) is 4.28. The number of carbonyl (C=O) groups is 2. The lowest BCUT2D eigenvalue weighted by atomic mass is 9.89. The lowest BCUT2D eigenvalue weighted by Gasteiger charge is -2.16. The van der Waals surface area contributed by atoms with Crippen LogP contribution in [0.5, 0.6) is 0 Å². The van der Waals surface area contributed by atoms with Crippen molar-refractivity contribution in [1.29, 1.82) is 0 Å². The van der Waals surface area contributed by atoms with E-state index in [1.807, 2.05) is 31.2 Å². The molecule has 3 rings (SSSR count). The standard InChI is InChI=1S/C20H22N2O2/c1-14-5-4-12-21-20(14)22-19(24)11-10-18(23)17-9-8-15-6-2-3-7-16(15)13-17/h4-5,8-9,12-13H,2-3,6-7,10-11H2,1H3,(H,21,22,24). The van der Waals surface area contributed by atoms with Crippen molar-refractivity contribution in [3.05, 3.63) is 58.8 Å². The number of rotatable bonds is 5. The minimum absolute atomic E-state index is 0.0243. The highest BCUT2D eigenvalue weighted by atomic mass is 16.2. The molecule has 1 aromatic carbocycles. The van der Waals surface area contributed by atoms with E-state index in [0.29, 0.717) is 5.82 Å². The van der Waals surface area contributed by atoms with Gasteiger partial charge in [-0.2, -0.15) is 0 Å². The molecule has 0 spiro atoms. The maximum Gasteiger partial charge on any atom is 0.225 e. The van der Waals surface area contributed by atoms with Crippen LogP contribution in [0.25, 0.3) is 0 Å². The Morgan fingerprint density at radius 2 is 1.88 bits per heavy atom. The van der Waals surface area contributed by atoms with Gasteiger partial charge >= 0.3 is 0 Å². The number of nitrogens with zero attached hydrogens (tertiary/aromatic N) is 1. The fraction of sp³-hybridized carbons (Fsp3) is 0.350. The highest BCUT2D eigenvalue weighted by Gasteiger charge is 2.14. The van der Waals surface area contributed by atoms with Gasteiger partial charge in [-0.3, -0.25) is 9.59 Å². The molecule has 0 radical (unpaired) electrons. The number of benzene rings is 1.